The van der Waals surface area contributed by atoms with E-state index in [1.165, 1.54) is 11.3 Å². The molecule has 1 aromatic heterocycles. The molecular weight excluding hydrogens is 381 g/mol. The Balaban J connectivity index is 0.00000288. The average Bonchev–Trinajstić information content (AvgIpc) is 2.87. The Hall–Kier alpha value is -0.400. The number of carbonyl (C=O) groups is 1. The number of ether oxygens (including phenoxy) is 1. The minimum absolute atomic E-state index is 0. The van der Waals surface area contributed by atoms with Crippen molar-refractivity contribution < 1.29 is 9.53 Å². The largest absolute Gasteiger partial charge is 0.378 e. The number of nitrogens with two attached hydrogens (primary N) is 1. The SMILES string of the molecule is Cc1nc(CC(C)C)c(C(=O)N2CCC(OCCCN)CC2)s1.Cl.Cl. The van der Waals surface area contributed by atoms with Gasteiger partial charge in [-0.3, -0.25) is 4.79 Å². The van der Waals surface area contributed by atoms with Crippen molar-refractivity contribution >= 4 is 42.1 Å². The third-order valence-electron chi connectivity index (χ3n) is 4.03. The van der Waals surface area contributed by atoms with E-state index in [1.54, 1.807) is 0 Å². The molecule has 1 aliphatic heterocycles. The van der Waals surface area contributed by atoms with E-state index in [0.717, 1.165) is 61.0 Å². The second kappa shape index (κ2) is 12.1. The average molecular weight is 412 g/mol. The second-order valence-electron chi connectivity index (χ2n) is 6.61. The van der Waals surface area contributed by atoms with Crippen molar-refractivity contribution in [3.05, 3.63) is 15.6 Å². The number of aryl methyl sites for hydroxylation is 1. The van der Waals surface area contributed by atoms with E-state index in [4.69, 9.17) is 10.5 Å². The number of aromatic nitrogens is 1. The molecule has 8 heteroatoms. The van der Waals surface area contributed by atoms with E-state index >= 15 is 0 Å². The van der Waals surface area contributed by atoms with Gasteiger partial charge in [-0.05, 0) is 45.1 Å². The fourth-order valence-corrected chi connectivity index (χ4v) is 3.78. The number of hydrogen-bond donors (Lipinski definition) is 1. The summed E-state index contributed by atoms with van der Waals surface area (Å²) in [5, 5.41) is 0.976. The van der Waals surface area contributed by atoms with Crippen molar-refractivity contribution in [3.63, 3.8) is 0 Å². The van der Waals surface area contributed by atoms with Crippen molar-refractivity contribution in [2.75, 3.05) is 26.2 Å². The van der Waals surface area contributed by atoms with Crippen LogP contribution in [-0.4, -0.2) is 48.1 Å². The first-order valence-corrected chi connectivity index (χ1v) is 9.40. The highest BCUT2D eigenvalue weighted by molar-refractivity contribution is 7.13. The number of piperidine rings is 1. The molecule has 2 rings (SSSR count). The quantitative estimate of drug-likeness (QED) is 0.697. The van der Waals surface area contributed by atoms with E-state index in [9.17, 15) is 4.79 Å². The normalized spacial score (nSPS) is 15.0. The summed E-state index contributed by atoms with van der Waals surface area (Å²) in [6, 6.07) is 0. The first kappa shape index (κ1) is 24.6. The Bertz CT molecular complexity index is 518. The molecule has 0 radical (unpaired) electrons. The molecule has 0 aromatic carbocycles. The lowest BCUT2D eigenvalue weighted by Gasteiger charge is -2.31. The predicted molar refractivity (Wildman–Crippen MR) is 108 cm³/mol. The van der Waals surface area contributed by atoms with Crippen LogP contribution in [0.5, 0.6) is 0 Å². The van der Waals surface area contributed by atoms with Crippen molar-refractivity contribution in [2.24, 2.45) is 11.7 Å². The van der Waals surface area contributed by atoms with Crippen LogP contribution in [-0.2, 0) is 11.2 Å². The number of carbonyl (C=O) groups excluding carboxylic acids is 1. The van der Waals surface area contributed by atoms with Gasteiger partial charge >= 0.3 is 0 Å². The van der Waals surface area contributed by atoms with E-state index in [0.29, 0.717) is 12.5 Å². The molecule has 0 atom stereocenters. The Morgan fingerprint density at radius 1 is 1.36 bits per heavy atom. The second-order valence-corrected chi connectivity index (χ2v) is 7.81. The molecule has 2 N–H and O–H groups in total. The summed E-state index contributed by atoms with van der Waals surface area (Å²) in [4.78, 5) is 20.2. The summed E-state index contributed by atoms with van der Waals surface area (Å²) >= 11 is 1.53. The van der Waals surface area contributed by atoms with Gasteiger partial charge in [0, 0.05) is 19.7 Å². The van der Waals surface area contributed by atoms with E-state index in [-0.39, 0.29) is 36.8 Å². The van der Waals surface area contributed by atoms with Crippen molar-refractivity contribution in [1.29, 1.82) is 0 Å². The highest BCUT2D eigenvalue weighted by atomic mass is 35.5. The van der Waals surface area contributed by atoms with Gasteiger partial charge in [0.15, 0.2) is 0 Å². The molecule has 25 heavy (non-hydrogen) atoms. The van der Waals surface area contributed by atoms with Gasteiger partial charge in [-0.15, -0.1) is 36.2 Å². The summed E-state index contributed by atoms with van der Waals surface area (Å²) < 4.78 is 5.81. The van der Waals surface area contributed by atoms with Gasteiger partial charge in [0.2, 0.25) is 0 Å². The van der Waals surface area contributed by atoms with Gasteiger partial charge in [-0.2, -0.15) is 0 Å². The smallest absolute Gasteiger partial charge is 0.265 e. The molecule has 0 unspecified atom stereocenters. The molecule has 0 aliphatic carbocycles. The lowest BCUT2D eigenvalue weighted by molar-refractivity contribution is 0.00854. The lowest BCUT2D eigenvalue weighted by Crippen LogP contribution is -2.41. The standard InChI is InChI=1S/C17H29N3O2S.2ClH/c1-12(2)11-15-16(23-13(3)19-15)17(21)20-8-5-14(6-9-20)22-10-4-7-18;;/h12,14H,4-11,18H2,1-3H3;2*1H. The van der Waals surface area contributed by atoms with Gasteiger partial charge in [-0.1, -0.05) is 13.8 Å². The van der Waals surface area contributed by atoms with Crippen molar-refractivity contribution in [3.8, 4) is 0 Å². The van der Waals surface area contributed by atoms with Crippen LogP contribution in [0.2, 0.25) is 0 Å². The highest BCUT2D eigenvalue weighted by Crippen LogP contribution is 2.24. The molecule has 1 fully saturated rings. The monoisotopic (exact) mass is 411 g/mol. The molecule has 2 heterocycles. The zero-order valence-corrected chi connectivity index (χ0v) is 17.8. The molecule has 1 aromatic rings. The summed E-state index contributed by atoms with van der Waals surface area (Å²) in [5.74, 6) is 0.649. The maximum absolute atomic E-state index is 12.8. The van der Waals surface area contributed by atoms with Gasteiger partial charge in [0.1, 0.15) is 4.88 Å². The van der Waals surface area contributed by atoms with Crippen LogP contribution in [0.15, 0.2) is 0 Å². The van der Waals surface area contributed by atoms with E-state index in [1.807, 2.05) is 11.8 Å². The third kappa shape index (κ3) is 7.39. The molecule has 1 aliphatic rings. The first-order valence-electron chi connectivity index (χ1n) is 8.58. The fourth-order valence-electron chi connectivity index (χ4n) is 2.86. The van der Waals surface area contributed by atoms with Crippen LogP contribution in [0.3, 0.4) is 0 Å². The topological polar surface area (TPSA) is 68.5 Å². The number of thiazole rings is 1. The Labute approximate surface area is 167 Å². The Morgan fingerprint density at radius 2 is 2.00 bits per heavy atom. The fraction of sp³-hybridized carbons (Fsp3) is 0.765. The zero-order chi connectivity index (χ0) is 16.8. The molecule has 146 valence electrons. The van der Waals surface area contributed by atoms with Gasteiger partial charge in [0.25, 0.3) is 5.91 Å². The molecule has 0 bridgehead atoms. The zero-order valence-electron chi connectivity index (χ0n) is 15.3. The molecule has 1 saturated heterocycles. The Morgan fingerprint density at radius 3 is 2.56 bits per heavy atom. The van der Waals surface area contributed by atoms with Crippen LogP contribution < -0.4 is 5.73 Å². The minimum atomic E-state index is 0. The number of nitrogens with zero attached hydrogens (tertiary/aromatic N) is 2. The molecule has 5 nitrogen and oxygen atoms in total. The molecule has 0 saturated carbocycles. The predicted octanol–water partition coefficient (Wildman–Crippen LogP) is 3.46. The summed E-state index contributed by atoms with van der Waals surface area (Å²) in [6.45, 7) is 9.22. The van der Waals surface area contributed by atoms with Gasteiger partial charge < -0.3 is 15.4 Å². The summed E-state index contributed by atoms with van der Waals surface area (Å²) in [5.41, 5.74) is 6.45. The van der Waals surface area contributed by atoms with Crippen LogP contribution in [0, 0.1) is 12.8 Å². The molecular formula is C17H31Cl2N3O2S. The van der Waals surface area contributed by atoms with E-state index < -0.39 is 0 Å². The molecule has 1 amide bonds. The number of rotatable bonds is 7. The number of amides is 1. The van der Waals surface area contributed by atoms with Crippen LogP contribution in [0.1, 0.15) is 53.5 Å². The third-order valence-corrected chi connectivity index (χ3v) is 5.03. The van der Waals surface area contributed by atoms with Crippen LogP contribution in [0.25, 0.3) is 0 Å². The van der Waals surface area contributed by atoms with E-state index in [2.05, 4.69) is 18.8 Å². The number of likely N-dealkylation sites (tertiary alicyclic amines) is 1. The first-order chi connectivity index (χ1) is 11.0. The number of halogens is 2. The summed E-state index contributed by atoms with van der Waals surface area (Å²) in [6.07, 6.45) is 3.85. The number of hydrogen-bond acceptors (Lipinski definition) is 5. The van der Waals surface area contributed by atoms with Gasteiger partial charge in [0.05, 0.1) is 16.8 Å². The molecule has 0 spiro atoms. The van der Waals surface area contributed by atoms with Gasteiger partial charge in [-0.25, -0.2) is 4.98 Å². The minimum Gasteiger partial charge on any atom is -0.378 e. The maximum atomic E-state index is 12.8. The Kier molecular flexibility index (Phi) is 11.9. The van der Waals surface area contributed by atoms with Crippen LogP contribution >= 0.6 is 36.2 Å². The maximum Gasteiger partial charge on any atom is 0.265 e. The lowest BCUT2D eigenvalue weighted by atomic mass is 10.1. The summed E-state index contributed by atoms with van der Waals surface area (Å²) in [7, 11) is 0. The highest BCUT2D eigenvalue weighted by Gasteiger charge is 2.27. The van der Waals surface area contributed by atoms with Crippen molar-refractivity contribution in [2.45, 2.75) is 52.6 Å². The van der Waals surface area contributed by atoms with Crippen molar-refractivity contribution in [1.82, 2.24) is 9.88 Å². The van der Waals surface area contributed by atoms with Crippen LogP contribution in [0.4, 0.5) is 0 Å².